The van der Waals surface area contributed by atoms with E-state index in [1.807, 2.05) is 24.3 Å². The Morgan fingerprint density at radius 2 is 2.08 bits per heavy atom. The van der Waals surface area contributed by atoms with Crippen molar-refractivity contribution in [3.63, 3.8) is 0 Å². The predicted octanol–water partition coefficient (Wildman–Crippen LogP) is 1.85. The molecule has 0 saturated heterocycles. The van der Waals surface area contributed by atoms with Gasteiger partial charge in [-0.1, -0.05) is 42.1 Å². The van der Waals surface area contributed by atoms with Crippen molar-refractivity contribution >= 4 is 21.5 Å². The lowest BCUT2D eigenvalue weighted by Crippen LogP contribution is -2.10. The Hall–Kier alpha value is -1.08. The maximum absolute atomic E-state index is 3.76. The molecule has 0 saturated carbocycles. The molecule has 0 bridgehead atoms. The Labute approximate surface area is 77.0 Å². The second-order valence-electron chi connectivity index (χ2n) is 2.57. The van der Waals surface area contributed by atoms with Gasteiger partial charge in [-0.25, -0.2) is 0 Å². The van der Waals surface area contributed by atoms with E-state index in [1.165, 1.54) is 11.1 Å². The fraction of sp³-hybridized carbons (Fsp3) is 0.0909. The van der Waals surface area contributed by atoms with Crippen LogP contribution in [-0.4, -0.2) is 10.2 Å². The number of rotatable bonds is 3. The van der Waals surface area contributed by atoms with Gasteiger partial charge in [0.2, 0.25) is 0 Å². The summed E-state index contributed by atoms with van der Waals surface area (Å²) in [6.45, 7) is 7.48. The minimum Gasteiger partial charge on any atom is -0.103 e. The number of benzene rings is 1. The highest BCUT2D eigenvalue weighted by Crippen LogP contribution is 2.08. The molecule has 0 aliphatic rings. The first kappa shape index (κ1) is 9.01. The molecule has 0 aromatic heterocycles. The molecule has 0 fully saturated rings. The number of allylic oxidation sites excluding steroid dienone is 1. The zero-order valence-electron chi connectivity index (χ0n) is 7.01. The molecule has 0 nitrogen and oxygen atoms in total. The smallest absolute Gasteiger partial charge is 0.0716 e. The van der Waals surface area contributed by atoms with Crippen molar-refractivity contribution in [3.05, 3.63) is 48.6 Å². The highest BCUT2D eigenvalue weighted by Gasteiger charge is 1.99. The topological polar surface area (TPSA) is 0 Å². The fourth-order valence-corrected chi connectivity index (χ4v) is 1.51. The van der Waals surface area contributed by atoms with Crippen molar-refractivity contribution in [2.75, 3.05) is 0 Å². The monoisotopic (exact) mass is 171 g/mol. The Morgan fingerprint density at radius 1 is 1.33 bits per heavy atom. The lowest BCUT2D eigenvalue weighted by molar-refractivity contribution is 1.29. The van der Waals surface area contributed by atoms with Crippen LogP contribution < -0.4 is 5.19 Å². The van der Waals surface area contributed by atoms with Gasteiger partial charge in [0.1, 0.15) is 0 Å². The summed E-state index contributed by atoms with van der Waals surface area (Å²) in [6.07, 6.45) is 4.63. The summed E-state index contributed by atoms with van der Waals surface area (Å²) in [4.78, 5) is 0. The maximum Gasteiger partial charge on any atom is 0.0716 e. The third-order valence-electron chi connectivity index (χ3n) is 1.78. The van der Waals surface area contributed by atoms with Gasteiger partial charge in [0.15, 0.2) is 0 Å². The van der Waals surface area contributed by atoms with Crippen LogP contribution in [0.1, 0.15) is 11.1 Å². The van der Waals surface area contributed by atoms with Gasteiger partial charge in [-0.3, -0.25) is 0 Å². The average molecular weight is 171 g/mol. The molecule has 0 amide bonds. The van der Waals surface area contributed by atoms with Crippen LogP contribution in [0, 0.1) is 0 Å². The molecule has 12 heavy (non-hydrogen) atoms. The van der Waals surface area contributed by atoms with E-state index in [9.17, 15) is 0 Å². The van der Waals surface area contributed by atoms with Crippen molar-refractivity contribution in [2.24, 2.45) is 0 Å². The van der Waals surface area contributed by atoms with Crippen LogP contribution in [0.3, 0.4) is 0 Å². The molecule has 1 aromatic carbocycles. The Kier molecular flexibility index (Phi) is 3.06. The van der Waals surface area contributed by atoms with E-state index in [-0.39, 0.29) is 0 Å². The van der Waals surface area contributed by atoms with Gasteiger partial charge in [-0.05, 0) is 17.5 Å². The molecule has 1 heteroatoms. The first-order valence-electron chi connectivity index (χ1n) is 3.86. The number of hydrogen-bond donors (Lipinski definition) is 0. The van der Waals surface area contributed by atoms with Crippen LogP contribution in [0.5, 0.6) is 0 Å². The predicted molar refractivity (Wildman–Crippen MR) is 55.8 cm³/mol. The minimum absolute atomic E-state index is 0.876. The Bertz CT molecular complexity index is 300. The minimum atomic E-state index is 0.876. The fourth-order valence-electron chi connectivity index (χ4n) is 1.17. The average Bonchev–Trinajstić information content (AvgIpc) is 2.09. The summed E-state index contributed by atoms with van der Waals surface area (Å²) in [6, 6.07) is 6.09. The van der Waals surface area contributed by atoms with Crippen LogP contribution in [0.15, 0.2) is 37.4 Å². The van der Waals surface area contributed by atoms with Crippen LogP contribution in [0.2, 0.25) is 0 Å². The SMILES string of the molecule is C=CCc1c([Si])cccc1C=C. The van der Waals surface area contributed by atoms with Gasteiger partial charge in [-0.15, -0.1) is 6.58 Å². The summed E-state index contributed by atoms with van der Waals surface area (Å²) in [7, 11) is 3.54. The second kappa shape index (κ2) is 4.07. The zero-order valence-corrected chi connectivity index (χ0v) is 8.01. The molecule has 0 aliphatic heterocycles. The Balaban J connectivity index is 3.18. The molecule has 0 aliphatic carbocycles. The van der Waals surface area contributed by atoms with Crippen molar-refractivity contribution in [3.8, 4) is 0 Å². The first-order valence-corrected chi connectivity index (χ1v) is 4.36. The van der Waals surface area contributed by atoms with Gasteiger partial charge in [-0.2, -0.15) is 0 Å². The Morgan fingerprint density at radius 3 is 2.67 bits per heavy atom. The summed E-state index contributed by atoms with van der Waals surface area (Å²) in [5, 5.41) is 1.12. The van der Waals surface area contributed by atoms with E-state index in [0.717, 1.165) is 11.6 Å². The lowest BCUT2D eigenvalue weighted by Gasteiger charge is -2.06. The molecule has 3 radical (unpaired) electrons. The van der Waals surface area contributed by atoms with E-state index in [1.54, 1.807) is 0 Å². The highest BCUT2D eigenvalue weighted by atomic mass is 28.1. The molecule has 0 atom stereocenters. The van der Waals surface area contributed by atoms with Crippen LogP contribution in [0.4, 0.5) is 0 Å². The number of hydrogen-bond acceptors (Lipinski definition) is 0. The lowest BCUT2D eigenvalue weighted by atomic mass is 10.0. The summed E-state index contributed by atoms with van der Waals surface area (Å²) >= 11 is 0. The van der Waals surface area contributed by atoms with Gasteiger partial charge in [0, 0.05) is 0 Å². The molecular formula is C11H11Si. The van der Waals surface area contributed by atoms with E-state index < -0.39 is 0 Å². The normalized spacial score (nSPS) is 9.42. The molecule has 0 unspecified atom stereocenters. The summed E-state index contributed by atoms with van der Waals surface area (Å²) in [5.41, 5.74) is 2.42. The summed E-state index contributed by atoms with van der Waals surface area (Å²) < 4.78 is 0. The molecule has 1 rings (SSSR count). The third-order valence-corrected chi connectivity index (χ3v) is 2.25. The maximum atomic E-state index is 3.76. The quantitative estimate of drug-likeness (QED) is 0.481. The summed E-state index contributed by atoms with van der Waals surface area (Å²) in [5.74, 6) is 0. The van der Waals surface area contributed by atoms with Crippen LogP contribution in [0.25, 0.3) is 6.08 Å². The standard InChI is InChI=1S/C11H11Si/c1-3-6-10-9(4-2)7-5-8-11(10)12/h3-5,7-8H,1-2,6H2. The largest absolute Gasteiger partial charge is 0.103 e. The van der Waals surface area contributed by atoms with E-state index in [4.69, 9.17) is 0 Å². The molecule has 0 heterocycles. The van der Waals surface area contributed by atoms with Crippen molar-refractivity contribution in [1.29, 1.82) is 0 Å². The zero-order chi connectivity index (χ0) is 8.97. The van der Waals surface area contributed by atoms with E-state index in [2.05, 4.69) is 29.5 Å². The second-order valence-corrected chi connectivity index (χ2v) is 3.11. The van der Waals surface area contributed by atoms with Crippen molar-refractivity contribution < 1.29 is 0 Å². The van der Waals surface area contributed by atoms with E-state index >= 15 is 0 Å². The van der Waals surface area contributed by atoms with Crippen molar-refractivity contribution in [1.82, 2.24) is 0 Å². The van der Waals surface area contributed by atoms with E-state index in [0.29, 0.717) is 0 Å². The van der Waals surface area contributed by atoms with Gasteiger partial charge in [0.05, 0.1) is 10.2 Å². The molecule has 0 spiro atoms. The molecular weight excluding hydrogens is 160 g/mol. The molecule has 0 N–H and O–H groups in total. The highest BCUT2D eigenvalue weighted by molar-refractivity contribution is 6.33. The van der Waals surface area contributed by atoms with Crippen LogP contribution >= 0.6 is 0 Å². The molecule has 59 valence electrons. The first-order chi connectivity index (χ1) is 5.79. The molecule has 1 aromatic rings. The van der Waals surface area contributed by atoms with Gasteiger partial charge in [0.25, 0.3) is 0 Å². The van der Waals surface area contributed by atoms with Gasteiger partial charge >= 0.3 is 0 Å². The third kappa shape index (κ3) is 1.74. The van der Waals surface area contributed by atoms with Gasteiger partial charge < -0.3 is 0 Å². The van der Waals surface area contributed by atoms with Crippen LogP contribution in [-0.2, 0) is 6.42 Å². The van der Waals surface area contributed by atoms with Crippen molar-refractivity contribution in [2.45, 2.75) is 6.42 Å².